The Morgan fingerprint density at radius 3 is 2.41 bits per heavy atom. The van der Waals surface area contributed by atoms with Crippen LogP contribution in [-0.4, -0.2) is 15.0 Å². The van der Waals surface area contributed by atoms with Gasteiger partial charge in [-0.2, -0.15) is 4.80 Å². The fraction of sp³-hybridized carbons (Fsp3) is 0. The summed E-state index contributed by atoms with van der Waals surface area (Å²) in [6, 6.07) is 11.5. The molecule has 3 aromatic rings. The second kappa shape index (κ2) is 3.55. The van der Waals surface area contributed by atoms with Crippen molar-refractivity contribution in [1.29, 1.82) is 0 Å². The van der Waals surface area contributed by atoms with E-state index in [1.165, 1.54) is 16.9 Å². The Morgan fingerprint density at radius 1 is 0.941 bits per heavy atom. The highest BCUT2D eigenvalue weighted by Crippen LogP contribution is 2.14. The molecule has 0 saturated heterocycles. The van der Waals surface area contributed by atoms with E-state index in [9.17, 15) is 4.39 Å². The number of hydrogen-bond acceptors (Lipinski definition) is 3. The molecule has 17 heavy (non-hydrogen) atoms. The molecule has 5 heteroatoms. The quantitative estimate of drug-likeness (QED) is 0.648. The monoisotopic (exact) mass is 227 g/mol. The molecule has 0 amide bonds. The fourth-order valence-corrected chi connectivity index (χ4v) is 1.61. The number of aromatic nitrogens is 3. The molecule has 0 unspecified atom stereocenters. The molecule has 0 spiro atoms. The Balaban J connectivity index is 2.14. The molecule has 84 valence electrons. The van der Waals surface area contributed by atoms with Crippen molar-refractivity contribution in [2.75, 3.05) is 5.73 Å². The number of nitrogens with zero attached hydrogens (tertiary/aromatic N) is 3. The van der Waals surface area contributed by atoms with Crippen molar-refractivity contribution in [3.05, 3.63) is 48.3 Å². The van der Waals surface area contributed by atoms with E-state index < -0.39 is 0 Å². The lowest BCUT2D eigenvalue weighted by Crippen LogP contribution is -1.98. The topological polar surface area (TPSA) is 56.7 Å². The first-order valence-corrected chi connectivity index (χ1v) is 5.11. The molecule has 0 atom stereocenters. The van der Waals surface area contributed by atoms with Gasteiger partial charge in [-0.15, -0.1) is 10.2 Å². The number of hydrogen-bond donors (Lipinski definition) is 1. The Kier molecular flexibility index (Phi) is 2.04. The zero-order chi connectivity index (χ0) is 11.8. The second-order valence-corrected chi connectivity index (χ2v) is 3.71. The van der Waals surface area contributed by atoms with E-state index in [0.29, 0.717) is 16.7 Å². The molecule has 4 nitrogen and oxygen atoms in total. The highest BCUT2D eigenvalue weighted by atomic mass is 18.2. The van der Waals surface area contributed by atoms with Gasteiger partial charge in [0.2, 0.25) is 0 Å². The summed E-state index contributed by atoms with van der Waals surface area (Å²) in [4.78, 5) is 1.46. The molecule has 1 heterocycles. The van der Waals surface area contributed by atoms with Crippen LogP contribution in [0.15, 0.2) is 42.5 Å². The molecule has 0 fully saturated rings. The highest BCUT2D eigenvalue weighted by molar-refractivity contribution is 5.73. The van der Waals surface area contributed by atoms with Gasteiger partial charge in [0.15, 0.2) is 0 Å². The van der Waals surface area contributed by atoms with Crippen molar-refractivity contribution in [3.63, 3.8) is 0 Å². The molecule has 2 N–H and O–H groups in total. The van der Waals surface area contributed by atoms with Gasteiger partial charge in [-0.05, 0) is 36.4 Å². The maximum atomic E-state index is 13.0. The molecule has 3 rings (SSSR count). The van der Waals surface area contributed by atoms with Crippen molar-refractivity contribution in [2.45, 2.75) is 0 Å². The van der Waals surface area contributed by atoms with Crippen LogP contribution in [-0.2, 0) is 0 Å². The molecule has 1 aromatic heterocycles. The van der Waals surface area contributed by atoms with Crippen LogP contribution in [0.3, 0.4) is 0 Å². The van der Waals surface area contributed by atoms with E-state index in [-0.39, 0.29) is 5.82 Å². The van der Waals surface area contributed by atoms with Crippen LogP contribution in [0.2, 0.25) is 0 Å². The smallest absolute Gasteiger partial charge is 0.125 e. The Hall–Kier alpha value is -2.43. The van der Waals surface area contributed by atoms with Crippen LogP contribution in [0.1, 0.15) is 0 Å². The van der Waals surface area contributed by atoms with Crippen molar-refractivity contribution >= 4 is 16.7 Å². The van der Waals surface area contributed by atoms with Gasteiger partial charge >= 0.3 is 0 Å². The van der Waals surface area contributed by atoms with Gasteiger partial charge in [-0.1, -0.05) is 0 Å². The molecule has 0 saturated carbocycles. The molecule has 0 aliphatic rings. The third-order valence-electron chi connectivity index (χ3n) is 2.47. The maximum absolute atomic E-state index is 13.0. The van der Waals surface area contributed by atoms with Gasteiger partial charge in [-0.3, -0.25) is 0 Å². The summed E-state index contributed by atoms with van der Waals surface area (Å²) in [6.07, 6.45) is 0. The van der Waals surface area contributed by atoms with Crippen LogP contribution in [0.25, 0.3) is 16.7 Å². The van der Waals surface area contributed by atoms with Gasteiger partial charge in [0, 0.05) is 11.8 Å². The minimum atomic E-state index is -0.318. The predicted molar refractivity (Wildman–Crippen MR) is 63.2 cm³/mol. The number of nitrogen functional groups attached to an aromatic ring is 1. The first kappa shape index (κ1) is 9.77. The van der Waals surface area contributed by atoms with Crippen LogP contribution in [0.5, 0.6) is 0 Å². The van der Waals surface area contributed by atoms with E-state index in [1.807, 2.05) is 12.1 Å². The highest BCUT2D eigenvalue weighted by Gasteiger charge is 2.05. The predicted octanol–water partition coefficient (Wildman–Crippen LogP) is 2.14. The minimum Gasteiger partial charge on any atom is -0.399 e. The number of halogens is 1. The summed E-state index contributed by atoms with van der Waals surface area (Å²) in [5.74, 6) is -0.318. The average Bonchev–Trinajstić information content (AvgIpc) is 2.72. The van der Waals surface area contributed by atoms with Crippen molar-refractivity contribution in [2.24, 2.45) is 0 Å². The lowest BCUT2D eigenvalue weighted by molar-refractivity contribution is 0.629. The van der Waals surface area contributed by atoms with E-state index >= 15 is 0 Å². The zero-order valence-electron chi connectivity index (χ0n) is 8.84. The average molecular weight is 227 g/mol. The molecule has 0 radical (unpaired) electrons. The zero-order valence-corrected chi connectivity index (χ0v) is 8.84. The Morgan fingerprint density at radius 2 is 1.65 bits per heavy atom. The number of nitrogens with two attached hydrogens (primary N) is 1. The van der Waals surface area contributed by atoms with Gasteiger partial charge < -0.3 is 5.73 Å². The molecular formula is C12H9FN4. The lowest BCUT2D eigenvalue weighted by atomic mass is 10.3. The summed E-state index contributed by atoms with van der Waals surface area (Å²) in [7, 11) is 0. The summed E-state index contributed by atoms with van der Waals surface area (Å²) < 4.78 is 13.0. The first-order valence-electron chi connectivity index (χ1n) is 5.11. The van der Waals surface area contributed by atoms with Gasteiger partial charge in [-0.25, -0.2) is 4.39 Å². The van der Waals surface area contributed by atoms with Gasteiger partial charge in [0.05, 0.1) is 5.69 Å². The normalized spacial score (nSPS) is 10.9. The van der Waals surface area contributed by atoms with Gasteiger partial charge in [0.1, 0.15) is 16.9 Å². The van der Waals surface area contributed by atoms with E-state index in [1.54, 1.807) is 18.2 Å². The van der Waals surface area contributed by atoms with Crippen LogP contribution in [0.4, 0.5) is 10.1 Å². The minimum absolute atomic E-state index is 0.318. The van der Waals surface area contributed by atoms with E-state index in [0.717, 1.165) is 5.69 Å². The van der Waals surface area contributed by atoms with Gasteiger partial charge in [0.25, 0.3) is 0 Å². The van der Waals surface area contributed by atoms with Crippen LogP contribution >= 0.6 is 0 Å². The SMILES string of the molecule is Nc1ccc(-n2nc3ccc([18F])cc3n2)cc1. The molecule has 2 aromatic carbocycles. The van der Waals surface area contributed by atoms with Crippen LogP contribution < -0.4 is 5.73 Å². The third-order valence-corrected chi connectivity index (χ3v) is 2.47. The van der Waals surface area contributed by atoms with Crippen molar-refractivity contribution in [3.8, 4) is 5.69 Å². The Bertz CT molecular complexity index is 673. The first-order chi connectivity index (χ1) is 8.22. The molecule has 0 aliphatic carbocycles. The standard InChI is InChI=1S/C12H9FN4/c13-8-1-6-11-12(7-8)16-17(15-11)10-4-2-9(14)3-5-10/h1-7H,14H2/i13-1. The lowest BCUT2D eigenvalue weighted by Gasteiger charge is -1.98. The summed E-state index contributed by atoms with van der Waals surface area (Å²) >= 11 is 0. The molecule has 0 aliphatic heterocycles. The van der Waals surface area contributed by atoms with Crippen LogP contribution in [0, 0.1) is 5.82 Å². The number of rotatable bonds is 1. The van der Waals surface area contributed by atoms with Crippen molar-refractivity contribution < 1.29 is 4.39 Å². The Labute approximate surface area is 96.5 Å². The summed E-state index contributed by atoms with van der Waals surface area (Å²) in [5, 5.41) is 8.45. The summed E-state index contributed by atoms with van der Waals surface area (Å²) in [5.41, 5.74) is 8.25. The second-order valence-electron chi connectivity index (χ2n) is 3.71. The molecule has 0 bridgehead atoms. The number of benzene rings is 2. The third kappa shape index (κ3) is 1.71. The van der Waals surface area contributed by atoms with E-state index in [4.69, 9.17) is 5.73 Å². The number of fused-ring (bicyclic) bond motifs is 1. The van der Waals surface area contributed by atoms with E-state index in [2.05, 4.69) is 10.2 Å². The number of anilines is 1. The summed E-state index contributed by atoms with van der Waals surface area (Å²) in [6.45, 7) is 0. The maximum Gasteiger partial charge on any atom is 0.125 e. The van der Waals surface area contributed by atoms with Crippen molar-refractivity contribution in [1.82, 2.24) is 15.0 Å². The largest absolute Gasteiger partial charge is 0.399 e. The fourth-order valence-electron chi connectivity index (χ4n) is 1.61. The molecular weight excluding hydrogens is 218 g/mol.